The summed E-state index contributed by atoms with van der Waals surface area (Å²) in [5, 5.41) is 0. The molecule has 2 aliphatic rings. The summed E-state index contributed by atoms with van der Waals surface area (Å²) in [7, 11) is 4.05. The molecule has 150 valence electrons. The lowest BCUT2D eigenvalue weighted by Gasteiger charge is -2.37. The smallest absolute Gasteiger partial charge is 0.239 e. The van der Waals surface area contributed by atoms with Crippen molar-refractivity contribution in [3.63, 3.8) is 0 Å². The van der Waals surface area contributed by atoms with Gasteiger partial charge in [-0.25, -0.2) is 4.39 Å². The molecule has 0 aromatic heterocycles. The standard InChI is InChI=1S/C22H34FN3O/c1-24-12-4-3-8-21(24)22(27)25(2)17-19-10-14-26(15-11-19)13-9-18-6-5-7-20(23)16-18/h5-7,16,19,21H,3-4,8-15,17H2,1-2H3. The average molecular weight is 376 g/mol. The van der Waals surface area contributed by atoms with Crippen LogP contribution < -0.4 is 0 Å². The van der Waals surface area contributed by atoms with Crippen molar-refractivity contribution >= 4 is 5.91 Å². The van der Waals surface area contributed by atoms with E-state index in [4.69, 9.17) is 0 Å². The Hall–Kier alpha value is -1.46. The lowest BCUT2D eigenvalue weighted by molar-refractivity contribution is -0.137. The fraction of sp³-hybridized carbons (Fsp3) is 0.682. The zero-order valence-electron chi connectivity index (χ0n) is 16.9. The number of likely N-dealkylation sites (N-methyl/N-ethyl adjacent to an activating group) is 2. The van der Waals surface area contributed by atoms with Gasteiger partial charge in [0.05, 0.1) is 6.04 Å². The molecule has 1 unspecified atom stereocenters. The SMILES string of the molecule is CN(CC1CCN(CCc2cccc(F)c2)CC1)C(=O)C1CCCCN1C. The minimum atomic E-state index is -0.150. The second-order valence-corrected chi connectivity index (χ2v) is 8.38. The van der Waals surface area contributed by atoms with Crippen molar-refractivity contribution in [1.82, 2.24) is 14.7 Å². The number of amides is 1. The summed E-state index contributed by atoms with van der Waals surface area (Å²) in [4.78, 5) is 19.4. The van der Waals surface area contributed by atoms with E-state index in [0.717, 1.165) is 70.4 Å². The Morgan fingerprint density at radius 3 is 2.67 bits per heavy atom. The van der Waals surface area contributed by atoms with Crippen molar-refractivity contribution in [2.75, 3.05) is 46.8 Å². The quantitative estimate of drug-likeness (QED) is 0.765. The van der Waals surface area contributed by atoms with E-state index in [0.29, 0.717) is 11.8 Å². The van der Waals surface area contributed by atoms with Crippen molar-refractivity contribution in [3.8, 4) is 0 Å². The average Bonchev–Trinajstić information content (AvgIpc) is 2.67. The van der Waals surface area contributed by atoms with E-state index in [9.17, 15) is 9.18 Å². The summed E-state index contributed by atoms with van der Waals surface area (Å²) >= 11 is 0. The third-order valence-corrected chi connectivity index (χ3v) is 6.28. The Labute approximate surface area is 163 Å². The minimum absolute atomic E-state index is 0.0788. The van der Waals surface area contributed by atoms with Crippen LogP contribution >= 0.6 is 0 Å². The maximum atomic E-state index is 13.3. The number of carbonyl (C=O) groups excluding carboxylic acids is 1. The second kappa shape index (κ2) is 9.65. The van der Waals surface area contributed by atoms with Crippen LogP contribution in [0.4, 0.5) is 4.39 Å². The largest absolute Gasteiger partial charge is 0.344 e. The molecule has 0 saturated carbocycles. The molecule has 1 aromatic carbocycles. The number of benzene rings is 1. The van der Waals surface area contributed by atoms with Gasteiger partial charge in [0.2, 0.25) is 5.91 Å². The second-order valence-electron chi connectivity index (χ2n) is 8.38. The third kappa shape index (κ3) is 5.76. The first-order valence-corrected chi connectivity index (χ1v) is 10.4. The summed E-state index contributed by atoms with van der Waals surface area (Å²) < 4.78 is 13.3. The molecule has 2 saturated heterocycles. The number of carbonyl (C=O) groups is 1. The Morgan fingerprint density at radius 1 is 1.19 bits per heavy atom. The maximum absolute atomic E-state index is 13.3. The van der Waals surface area contributed by atoms with Crippen LogP contribution in [0.25, 0.3) is 0 Å². The van der Waals surface area contributed by atoms with Crippen LogP contribution in [0.15, 0.2) is 24.3 Å². The number of hydrogen-bond donors (Lipinski definition) is 0. The lowest BCUT2D eigenvalue weighted by atomic mass is 9.95. The van der Waals surface area contributed by atoms with E-state index in [1.165, 1.54) is 12.5 Å². The van der Waals surface area contributed by atoms with E-state index < -0.39 is 0 Å². The van der Waals surface area contributed by atoms with E-state index in [2.05, 4.69) is 16.8 Å². The summed E-state index contributed by atoms with van der Waals surface area (Å²) in [5.41, 5.74) is 1.07. The molecule has 1 aromatic rings. The van der Waals surface area contributed by atoms with Gasteiger partial charge in [-0.15, -0.1) is 0 Å². The number of halogens is 1. The molecule has 0 radical (unpaired) electrons. The van der Waals surface area contributed by atoms with Gasteiger partial charge in [0.25, 0.3) is 0 Å². The van der Waals surface area contributed by atoms with Gasteiger partial charge in [-0.05, 0) is 82.4 Å². The van der Waals surface area contributed by atoms with Crippen molar-refractivity contribution < 1.29 is 9.18 Å². The van der Waals surface area contributed by atoms with E-state index in [-0.39, 0.29) is 11.9 Å². The highest BCUT2D eigenvalue weighted by atomic mass is 19.1. The monoisotopic (exact) mass is 375 g/mol. The molecule has 3 rings (SSSR count). The van der Waals surface area contributed by atoms with Crippen molar-refractivity contribution in [2.24, 2.45) is 5.92 Å². The first kappa shape index (κ1) is 20.3. The number of nitrogens with zero attached hydrogens (tertiary/aromatic N) is 3. The zero-order chi connectivity index (χ0) is 19.2. The molecular formula is C22H34FN3O. The number of rotatable bonds is 6. The zero-order valence-corrected chi connectivity index (χ0v) is 16.9. The van der Waals surface area contributed by atoms with Crippen LogP contribution in [0.1, 0.15) is 37.7 Å². The van der Waals surface area contributed by atoms with E-state index >= 15 is 0 Å². The summed E-state index contributed by atoms with van der Waals surface area (Å²) in [6.07, 6.45) is 6.55. The van der Waals surface area contributed by atoms with Gasteiger partial charge in [-0.2, -0.15) is 0 Å². The number of hydrogen-bond acceptors (Lipinski definition) is 3. The predicted molar refractivity (Wildman–Crippen MR) is 107 cm³/mol. The van der Waals surface area contributed by atoms with E-state index in [1.807, 2.05) is 18.0 Å². The molecule has 0 aliphatic carbocycles. The summed E-state index contributed by atoms with van der Waals surface area (Å²) in [6.45, 7) is 5.04. The molecule has 0 N–H and O–H groups in total. The normalized spacial score (nSPS) is 22.7. The van der Waals surface area contributed by atoms with Crippen LogP contribution in [0.3, 0.4) is 0 Å². The fourth-order valence-electron chi connectivity index (χ4n) is 4.49. The fourth-order valence-corrected chi connectivity index (χ4v) is 4.49. The van der Waals surface area contributed by atoms with Crippen molar-refractivity contribution in [1.29, 1.82) is 0 Å². The van der Waals surface area contributed by atoms with Crippen LogP contribution in [0.5, 0.6) is 0 Å². The number of piperidine rings is 2. The molecular weight excluding hydrogens is 341 g/mol. The van der Waals surface area contributed by atoms with E-state index in [1.54, 1.807) is 12.1 Å². The maximum Gasteiger partial charge on any atom is 0.239 e. The molecule has 27 heavy (non-hydrogen) atoms. The van der Waals surface area contributed by atoms with Crippen LogP contribution in [-0.2, 0) is 11.2 Å². The van der Waals surface area contributed by atoms with Gasteiger partial charge in [0, 0.05) is 20.1 Å². The van der Waals surface area contributed by atoms with Gasteiger partial charge in [-0.1, -0.05) is 18.6 Å². The van der Waals surface area contributed by atoms with Crippen LogP contribution in [0, 0.1) is 11.7 Å². The Morgan fingerprint density at radius 2 is 1.96 bits per heavy atom. The molecule has 4 nitrogen and oxygen atoms in total. The molecule has 0 bridgehead atoms. The highest BCUT2D eigenvalue weighted by Gasteiger charge is 2.30. The predicted octanol–water partition coefficient (Wildman–Crippen LogP) is 3.02. The Kier molecular flexibility index (Phi) is 7.25. The molecule has 0 spiro atoms. The highest BCUT2D eigenvalue weighted by Crippen LogP contribution is 2.21. The highest BCUT2D eigenvalue weighted by molar-refractivity contribution is 5.81. The Balaban J connectivity index is 1.39. The first-order chi connectivity index (χ1) is 13.0. The topological polar surface area (TPSA) is 26.8 Å². The molecule has 2 fully saturated rings. The van der Waals surface area contributed by atoms with Crippen molar-refractivity contribution in [3.05, 3.63) is 35.6 Å². The molecule has 2 heterocycles. The number of likely N-dealkylation sites (tertiary alicyclic amines) is 2. The summed E-state index contributed by atoms with van der Waals surface area (Å²) in [6, 6.07) is 7.00. The lowest BCUT2D eigenvalue weighted by Crippen LogP contribution is -2.49. The molecule has 1 atom stereocenters. The van der Waals surface area contributed by atoms with Crippen molar-refractivity contribution in [2.45, 2.75) is 44.6 Å². The van der Waals surface area contributed by atoms with Gasteiger partial charge in [0.15, 0.2) is 0 Å². The van der Waals surface area contributed by atoms with Gasteiger partial charge >= 0.3 is 0 Å². The van der Waals surface area contributed by atoms with Crippen LogP contribution in [-0.4, -0.2) is 73.5 Å². The molecule has 1 amide bonds. The third-order valence-electron chi connectivity index (χ3n) is 6.28. The molecule has 5 heteroatoms. The van der Waals surface area contributed by atoms with Crippen LogP contribution in [0.2, 0.25) is 0 Å². The van der Waals surface area contributed by atoms with Gasteiger partial charge < -0.3 is 9.80 Å². The molecule has 2 aliphatic heterocycles. The first-order valence-electron chi connectivity index (χ1n) is 10.4. The van der Waals surface area contributed by atoms with Gasteiger partial charge in [-0.3, -0.25) is 9.69 Å². The summed E-state index contributed by atoms with van der Waals surface area (Å²) in [5.74, 6) is 0.742. The minimum Gasteiger partial charge on any atom is -0.344 e. The van der Waals surface area contributed by atoms with Gasteiger partial charge in [0.1, 0.15) is 5.82 Å². The Bertz CT molecular complexity index is 615.